The third kappa shape index (κ3) is 2.96. The van der Waals surface area contributed by atoms with Gasteiger partial charge in [0.15, 0.2) is 0 Å². The summed E-state index contributed by atoms with van der Waals surface area (Å²) in [5.41, 5.74) is 1.58. The number of nitrogens with zero attached hydrogens (tertiary/aromatic N) is 2. The Hall–Kier alpha value is -2.36. The highest BCUT2D eigenvalue weighted by atomic mass is 32.3. The summed E-state index contributed by atoms with van der Waals surface area (Å²) in [6.45, 7) is 1.78. The lowest BCUT2D eigenvalue weighted by Crippen LogP contribution is -2.22. The summed E-state index contributed by atoms with van der Waals surface area (Å²) in [7, 11) is -2.92. The minimum atomic E-state index is -4.67. The van der Waals surface area contributed by atoms with E-state index in [1.165, 1.54) is 0 Å². The van der Waals surface area contributed by atoms with Crippen molar-refractivity contribution >= 4 is 22.0 Å². The smallest absolute Gasteiger partial charge is 0.328 e. The number of benzene rings is 1. The van der Waals surface area contributed by atoms with Gasteiger partial charge in [0.05, 0.1) is 0 Å². The highest BCUT2D eigenvalue weighted by Crippen LogP contribution is 2.26. The molecule has 0 saturated carbocycles. The largest absolute Gasteiger partial charge is 0.394 e. The van der Waals surface area contributed by atoms with Crippen molar-refractivity contribution in [2.45, 2.75) is 6.92 Å². The van der Waals surface area contributed by atoms with Crippen molar-refractivity contribution in [2.75, 3.05) is 0 Å². The van der Waals surface area contributed by atoms with Gasteiger partial charge in [-0.25, -0.2) is 4.98 Å². The molecule has 0 unspecified atom stereocenters. The first-order chi connectivity index (χ1) is 10.1. The first-order valence-corrected chi connectivity index (χ1v) is 7.42. The molecule has 8 nitrogen and oxygen atoms in total. The Balaban J connectivity index is 0.000000309. The summed E-state index contributed by atoms with van der Waals surface area (Å²) in [6.07, 6.45) is 0. The lowest BCUT2D eigenvalue weighted by molar-refractivity contribution is 0.0971. The molecular weight excluding hydrogens is 312 g/mol. The van der Waals surface area contributed by atoms with E-state index in [9.17, 15) is 9.59 Å². The second-order valence-electron chi connectivity index (χ2n) is 4.57. The van der Waals surface area contributed by atoms with Crippen LogP contribution in [0.15, 0.2) is 24.3 Å². The molecule has 2 N–H and O–H groups in total. The molecule has 1 heterocycles. The first-order valence-electron chi connectivity index (χ1n) is 6.03. The summed E-state index contributed by atoms with van der Waals surface area (Å²) >= 11 is 0. The summed E-state index contributed by atoms with van der Waals surface area (Å²) in [5, 5.41) is 0. The fourth-order valence-electron chi connectivity index (χ4n) is 2.16. The van der Waals surface area contributed by atoms with Gasteiger partial charge in [0.25, 0.3) is 0 Å². The van der Waals surface area contributed by atoms with Gasteiger partial charge >= 0.3 is 10.4 Å². The molecule has 0 saturated heterocycles. The molecule has 0 bridgehead atoms. The van der Waals surface area contributed by atoms with E-state index in [0.29, 0.717) is 22.6 Å². The molecule has 1 aliphatic carbocycles. The number of aryl methyl sites for hydroxylation is 1. The van der Waals surface area contributed by atoms with E-state index < -0.39 is 10.4 Å². The number of imidazole rings is 1. The number of hydrogen-bond donors (Lipinski definition) is 2. The molecule has 22 heavy (non-hydrogen) atoms. The average Bonchev–Trinajstić information content (AvgIpc) is 2.71. The Morgan fingerprint density at radius 3 is 2.00 bits per heavy atom. The molecule has 0 fully saturated rings. The zero-order chi connectivity index (χ0) is 16.7. The average molecular weight is 324 g/mol. The van der Waals surface area contributed by atoms with Crippen molar-refractivity contribution in [2.24, 2.45) is 7.05 Å². The molecule has 0 radical (unpaired) electrons. The molecule has 9 heteroatoms. The molecule has 1 aromatic heterocycles. The fraction of sp³-hybridized carbons (Fsp3) is 0.154. The molecule has 3 rings (SSSR count). The van der Waals surface area contributed by atoms with Crippen molar-refractivity contribution in [1.29, 1.82) is 0 Å². The fourth-order valence-corrected chi connectivity index (χ4v) is 2.16. The topological polar surface area (TPSA) is 127 Å². The van der Waals surface area contributed by atoms with Gasteiger partial charge in [-0.3, -0.25) is 18.7 Å². The molecule has 0 atom stereocenters. The number of rotatable bonds is 0. The highest BCUT2D eigenvalue weighted by Gasteiger charge is 2.33. The van der Waals surface area contributed by atoms with Crippen LogP contribution in [-0.4, -0.2) is 38.6 Å². The summed E-state index contributed by atoms with van der Waals surface area (Å²) in [6, 6.07) is 6.87. The number of carbonyl (C=O) groups excluding carboxylic acids is 2. The number of ketones is 2. The minimum Gasteiger partial charge on any atom is -0.328 e. The van der Waals surface area contributed by atoms with Crippen molar-refractivity contribution < 1.29 is 27.1 Å². The Morgan fingerprint density at radius 1 is 1.05 bits per heavy atom. The quantitative estimate of drug-likeness (QED) is 0.587. The van der Waals surface area contributed by atoms with Crippen molar-refractivity contribution in [3.05, 3.63) is 52.6 Å². The lowest BCUT2D eigenvalue weighted by Gasteiger charge is -2.13. The monoisotopic (exact) mass is 324 g/mol. The standard InChI is InChI=1S/C13H10N2O2.H2O4S/c1-7-14-10-11(15(7)2)13(17)9-6-4-3-5-8(9)12(10)16;1-5(2,3)4/h3-6H,1-2H3;(H2,1,2,3,4). The van der Waals surface area contributed by atoms with E-state index in [1.54, 1.807) is 42.8 Å². The highest BCUT2D eigenvalue weighted by molar-refractivity contribution is 7.79. The normalized spacial score (nSPS) is 13.1. The molecule has 1 aliphatic rings. The third-order valence-electron chi connectivity index (χ3n) is 3.17. The molecule has 0 spiro atoms. The van der Waals surface area contributed by atoms with E-state index in [-0.39, 0.29) is 17.3 Å². The van der Waals surface area contributed by atoms with Crippen LogP contribution >= 0.6 is 0 Å². The number of carbonyl (C=O) groups is 2. The van der Waals surface area contributed by atoms with Crippen LogP contribution in [0.4, 0.5) is 0 Å². The van der Waals surface area contributed by atoms with E-state index in [4.69, 9.17) is 17.5 Å². The van der Waals surface area contributed by atoms with Gasteiger partial charge in [-0.1, -0.05) is 24.3 Å². The van der Waals surface area contributed by atoms with Gasteiger partial charge in [-0.2, -0.15) is 8.42 Å². The number of aromatic nitrogens is 2. The van der Waals surface area contributed by atoms with Gasteiger partial charge in [0.2, 0.25) is 11.6 Å². The lowest BCUT2D eigenvalue weighted by atomic mass is 9.90. The summed E-state index contributed by atoms with van der Waals surface area (Å²) in [5.74, 6) is 0.377. The van der Waals surface area contributed by atoms with Gasteiger partial charge in [0.1, 0.15) is 17.2 Å². The van der Waals surface area contributed by atoms with Gasteiger partial charge in [-0.05, 0) is 6.92 Å². The molecule has 2 aromatic rings. The van der Waals surface area contributed by atoms with E-state index in [2.05, 4.69) is 4.98 Å². The van der Waals surface area contributed by atoms with E-state index in [1.807, 2.05) is 0 Å². The van der Waals surface area contributed by atoms with Crippen LogP contribution in [0.2, 0.25) is 0 Å². The van der Waals surface area contributed by atoms with Gasteiger partial charge < -0.3 is 4.57 Å². The predicted octanol–water partition coefficient (Wildman–Crippen LogP) is 0.851. The Morgan fingerprint density at radius 2 is 1.50 bits per heavy atom. The Kier molecular flexibility index (Phi) is 3.96. The van der Waals surface area contributed by atoms with Crippen molar-refractivity contribution in [3.8, 4) is 0 Å². The van der Waals surface area contributed by atoms with Crippen LogP contribution in [-0.2, 0) is 17.4 Å². The molecular formula is C13H12N2O6S. The summed E-state index contributed by atoms with van der Waals surface area (Å²) in [4.78, 5) is 28.6. The van der Waals surface area contributed by atoms with Crippen LogP contribution < -0.4 is 0 Å². The molecule has 1 aromatic carbocycles. The van der Waals surface area contributed by atoms with Crippen LogP contribution in [0.5, 0.6) is 0 Å². The minimum absolute atomic E-state index is 0.127. The first kappa shape index (κ1) is 16.0. The second kappa shape index (κ2) is 5.44. The van der Waals surface area contributed by atoms with Crippen LogP contribution in [0.25, 0.3) is 0 Å². The Bertz CT molecular complexity index is 874. The summed E-state index contributed by atoms with van der Waals surface area (Å²) < 4.78 is 33.3. The number of hydrogen-bond acceptors (Lipinski definition) is 5. The third-order valence-corrected chi connectivity index (χ3v) is 3.17. The number of fused-ring (bicyclic) bond motifs is 2. The van der Waals surface area contributed by atoms with Gasteiger partial charge in [-0.15, -0.1) is 0 Å². The van der Waals surface area contributed by atoms with Crippen LogP contribution in [0, 0.1) is 6.92 Å². The molecule has 0 aliphatic heterocycles. The molecule has 0 amide bonds. The second-order valence-corrected chi connectivity index (χ2v) is 5.46. The maximum atomic E-state index is 12.3. The van der Waals surface area contributed by atoms with E-state index in [0.717, 1.165) is 0 Å². The van der Waals surface area contributed by atoms with E-state index >= 15 is 0 Å². The maximum Gasteiger partial charge on any atom is 0.394 e. The zero-order valence-corrected chi connectivity index (χ0v) is 12.5. The van der Waals surface area contributed by atoms with Crippen LogP contribution in [0.3, 0.4) is 0 Å². The van der Waals surface area contributed by atoms with Gasteiger partial charge in [0, 0.05) is 18.2 Å². The zero-order valence-electron chi connectivity index (χ0n) is 11.6. The molecule has 116 valence electrons. The Labute approximate surface area is 126 Å². The maximum absolute atomic E-state index is 12.3. The van der Waals surface area contributed by atoms with Crippen molar-refractivity contribution in [1.82, 2.24) is 9.55 Å². The van der Waals surface area contributed by atoms with Crippen LogP contribution in [0.1, 0.15) is 37.9 Å². The SMILES string of the molecule is Cc1nc2c(n1C)C(=O)c1ccccc1C2=O.O=S(=O)(O)O. The predicted molar refractivity (Wildman–Crippen MR) is 75.4 cm³/mol. The van der Waals surface area contributed by atoms with Crippen molar-refractivity contribution in [3.63, 3.8) is 0 Å².